The monoisotopic (exact) mass is 323 g/mol. The zero-order chi connectivity index (χ0) is 13.0. The highest BCUT2D eigenvalue weighted by Gasteiger charge is 2.10. The molecule has 0 saturated carbocycles. The van der Waals surface area contributed by atoms with Crippen molar-refractivity contribution in [3.63, 3.8) is 0 Å². The SMILES string of the molecule is CC(NC(=O)Cc1cccs1)c1cccc(Br)c1. The van der Waals surface area contributed by atoms with Crippen LogP contribution in [0.3, 0.4) is 0 Å². The normalized spacial score (nSPS) is 12.1. The van der Waals surface area contributed by atoms with E-state index < -0.39 is 0 Å². The van der Waals surface area contributed by atoms with Crippen molar-refractivity contribution in [2.24, 2.45) is 0 Å². The zero-order valence-corrected chi connectivity index (χ0v) is 12.4. The fourth-order valence-corrected chi connectivity index (χ4v) is 2.84. The number of carbonyl (C=O) groups is 1. The molecule has 2 nitrogen and oxygen atoms in total. The van der Waals surface area contributed by atoms with Crippen LogP contribution in [0, 0.1) is 0 Å². The number of hydrogen-bond acceptors (Lipinski definition) is 2. The van der Waals surface area contributed by atoms with E-state index in [1.54, 1.807) is 11.3 Å². The first kappa shape index (κ1) is 13.3. The van der Waals surface area contributed by atoms with Crippen molar-refractivity contribution in [1.29, 1.82) is 0 Å². The Morgan fingerprint density at radius 2 is 2.22 bits per heavy atom. The van der Waals surface area contributed by atoms with Gasteiger partial charge in [-0.2, -0.15) is 0 Å². The van der Waals surface area contributed by atoms with Crippen molar-refractivity contribution in [2.45, 2.75) is 19.4 Å². The van der Waals surface area contributed by atoms with Gasteiger partial charge in [0.05, 0.1) is 12.5 Å². The number of rotatable bonds is 4. The average Bonchev–Trinajstić information content (AvgIpc) is 2.81. The number of benzene rings is 1. The van der Waals surface area contributed by atoms with E-state index in [0.717, 1.165) is 14.9 Å². The lowest BCUT2D eigenvalue weighted by molar-refractivity contribution is -0.121. The molecule has 1 aromatic carbocycles. The first-order valence-corrected chi connectivity index (χ1v) is 7.39. The van der Waals surface area contributed by atoms with Crippen LogP contribution in [0.15, 0.2) is 46.3 Å². The minimum atomic E-state index is 0.0231. The molecule has 0 aliphatic rings. The van der Waals surface area contributed by atoms with E-state index in [2.05, 4.69) is 21.2 Å². The first-order valence-electron chi connectivity index (χ1n) is 5.72. The minimum Gasteiger partial charge on any atom is -0.349 e. The Morgan fingerprint density at radius 1 is 1.39 bits per heavy atom. The van der Waals surface area contributed by atoms with Crippen molar-refractivity contribution < 1.29 is 4.79 Å². The number of thiophene rings is 1. The summed E-state index contributed by atoms with van der Waals surface area (Å²) in [4.78, 5) is 13.0. The maximum absolute atomic E-state index is 11.9. The topological polar surface area (TPSA) is 29.1 Å². The second kappa shape index (κ2) is 6.16. The molecular formula is C14H14BrNOS. The van der Waals surface area contributed by atoms with Gasteiger partial charge in [-0.1, -0.05) is 34.1 Å². The van der Waals surface area contributed by atoms with E-state index in [-0.39, 0.29) is 11.9 Å². The molecule has 0 aliphatic carbocycles. The summed E-state index contributed by atoms with van der Waals surface area (Å²) in [6.45, 7) is 1.99. The molecule has 1 aromatic heterocycles. The van der Waals surface area contributed by atoms with Crippen LogP contribution < -0.4 is 5.32 Å². The summed E-state index contributed by atoms with van der Waals surface area (Å²) >= 11 is 5.04. The van der Waals surface area contributed by atoms with Gasteiger partial charge in [0.2, 0.25) is 5.91 Å². The highest BCUT2D eigenvalue weighted by Crippen LogP contribution is 2.18. The van der Waals surface area contributed by atoms with Gasteiger partial charge >= 0.3 is 0 Å². The number of halogens is 1. The van der Waals surface area contributed by atoms with Crippen molar-refractivity contribution in [2.75, 3.05) is 0 Å². The predicted octanol–water partition coefficient (Wildman–Crippen LogP) is 3.93. The lowest BCUT2D eigenvalue weighted by Crippen LogP contribution is -2.27. The van der Waals surface area contributed by atoms with Crippen LogP contribution in [-0.2, 0) is 11.2 Å². The Labute approximate surface area is 119 Å². The van der Waals surface area contributed by atoms with Crippen LogP contribution in [-0.4, -0.2) is 5.91 Å². The third-order valence-electron chi connectivity index (χ3n) is 2.64. The largest absolute Gasteiger partial charge is 0.349 e. The molecule has 1 N–H and O–H groups in total. The molecule has 0 saturated heterocycles. The predicted molar refractivity (Wildman–Crippen MR) is 78.7 cm³/mol. The van der Waals surface area contributed by atoms with Gasteiger partial charge in [-0.15, -0.1) is 11.3 Å². The van der Waals surface area contributed by atoms with E-state index in [9.17, 15) is 4.79 Å². The smallest absolute Gasteiger partial charge is 0.225 e. The summed E-state index contributed by atoms with van der Waals surface area (Å²) in [5.41, 5.74) is 1.10. The fraction of sp³-hybridized carbons (Fsp3) is 0.214. The van der Waals surface area contributed by atoms with Crippen molar-refractivity contribution in [3.8, 4) is 0 Å². The molecule has 0 aliphatic heterocycles. The van der Waals surface area contributed by atoms with Gasteiger partial charge in [0, 0.05) is 9.35 Å². The molecule has 0 radical (unpaired) electrons. The number of carbonyl (C=O) groups excluding carboxylic acids is 1. The summed E-state index contributed by atoms with van der Waals surface area (Å²) in [5.74, 6) is 0.0601. The van der Waals surface area contributed by atoms with Crippen LogP contribution in [0.4, 0.5) is 0 Å². The van der Waals surface area contributed by atoms with Gasteiger partial charge < -0.3 is 5.32 Å². The van der Waals surface area contributed by atoms with E-state index in [1.807, 2.05) is 48.7 Å². The Hall–Kier alpha value is -1.13. The molecular weight excluding hydrogens is 310 g/mol. The van der Waals surface area contributed by atoms with Gasteiger partial charge in [0.15, 0.2) is 0 Å². The summed E-state index contributed by atoms with van der Waals surface area (Å²) in [6, 6.07) is 12.0. The molecule has 0 fully saturated rings. The summed E-state index contributed by atoms with van der Waals surface area (Å²) in [6.07, 6.45) is 0.454. The molecule has 1 atom stereocenters. The van der Waals surface area contributed by atoms with Crippen LogP contribution in [0.2, 0.25) is 0 Å². The second-order valence-electron chi connectivity index (χ2n) is 4.10. The molecule has 2 aromatic rings. The fourth-order valence-electron chi connectivity index (χ4n) is 1.72. The molecule has 1 unspecified atom stereocenters. The number of hydrogen-bond donors (Lipinski definition) is 1. The van der Waals surface area contributed by atoms with Crippen molar-refractivity contribution >= 4 is 33.2 Å². The summed E-state index contributed by atoms with van der Waals surface area (Å²) in [5, 5.41) is 5.00. The lowest BCUT2D eigenvalue weighted by atomic mass is 10.1. The minimum absolute atomic E-state index is 0.0231. The Bertz CT molecular complexity index is 524. The van der Waals surface area contributed by atoms with Gasteiger partial charge in [-0.05, 0) is 36.1 Å². The molecule has 0 bridgehead atoms. The standard InChI is InChI=1S/C14H14BrNOS/c1-10(11-4-2-5-12(15)8-11)16-14(17)9-13-6-3-7-18-13/h2-8,10H,9H2,1H3,(H,16,17). The summed E-state index contributed by atoms with van der Waals surface area (Å²) < 4.78 is 1.03. The van der Waals surface area contributed by atoms with Crippen molar-refractivity contribution in [1.82, 2.24) is 5.32 Å². The first-order chi connectivity index (χ1) is 8.65. The number of amides is 1. The lowest BCUT2D eigenvalue weighted by Gasteiger charge is -2.14. The van der Waals surface area contributed by atoms with Crippen LogP contribution >= 0.6 is 27.3 Å². The van der Waals surface area contributed by atoms with Gasteiger partial charge in [-0.25, -0.2) is 0 Å². The van der Waals surface area contributed by atoms with E-state index in [4.69, 9.17) is 0 Å². The Kier molecular flexibility index (Phi) is 4.55. The molecule has 1 amide bonds. The molecule has 18 heavy (non-hydrogen) atoms. The van der Waals surface area contributed by atoms with Gasteiger partial charge in [0.1, 0.15) is 0 Å². The quantitative estimate of drug-likeness (QED) is 0.907. The van der Waals surface area contributed by atoms with Crippen molar-refractivity contribution in [3.05, 3.63) is 56.7 Å². The van der Waals surface area contributed by atoms with E-state index >= 15 is 0 Å². The molecule has 2 rings (SSSR count). The van der Waals surface area contributed by atoms with Crippen LogP contribution in [0.25, 0.3) is 0 Å². The average molecular weight is 324 g/mol. The van der Waals surface area contributed by atoms with Gasteiger partial charge in [-0.3, -0.25) is 4.79 Å². The maximum Gasteiger partial charge on any atom is 0.225 e. The Balaban J connectivity index is 1.95. The van der Waals surface area contributed by atoms with Gasteiger partial charge in [0.25, 0.3) is 0 Å². The Morgan fingerprint density at radius 3 is 2.89 bits per heavy atom. The highest BCUT2D eigenvalue weighted by atomic mass is 79.9. The maximum atomic E-state index is 11.9. The number of nitrogens with one attached hydrogen (secondary N) is 1. The molecule has 0 spiro atoms. The van der Waals surface area contributed by atoms with E-state index in [1.165, 1.54) is 0 Å². The highest BCUT2D eigenvalue weighted by molar-refractivity contribution is 9.10. The van der Waals surface area contributed by atoms with Crippen LogP contribution in [0.1, 0.15) is 23.4 Å². The molecule has 1 heterocycles. The van der Waals surface area contributed by atoms with E-state index in [0.29, 0.717) is 6.42 Å². The zero-order valence-electron chi connectivity index (χ0n) is 10.0. The summed E-state index contributed by atoms with van der Waals surface area (Å²) in [7, 11) is 0. The van der Waals surface area contributed by atoms with Crippen LogP contribution in [0.5, 0.6) is 0 Å². The molecule has 4 heteroatoms. The third-order valence-corrected chi connectivity index (χ3v) is 4.01. The molecule has 94 valence electrons. The second-order valence-corrected chi connectivity index (χ2v) is 6.05. The third kappa shape index (κ3) is 3.68.